The number of hydrogen-bond acceptors (Lipinski definition) is 0. The molecule has 0 bridgehead atoms. The molecule has 0 aromatic rings. The normalized spacial score (nSPS) is 21.4. The molecule has 0 N–H and O–H groups in total. The van der Waals surface area contributed by atoms with Crippen LogP contribution in [0.25, 0.3) is 0 Å². The molecule has 0 radical (unpaired) electrons. The number of allylic oxidation sites excluding steroid dienone is 4. The predicted molar refractivity (Wildman–Crippen MR) is 64.3 cm³/mol. The molecular weight excluding hydrogens is 168 g/mol. The Morgan fingerprint density at radius 3 is 2.36 bits per heavy atom. The van der Waals surface area contributed by atoms with E-state index in [-0.39, 0.29) is 0 Å². The van der Waals surface area contributed by atoms with E-state index in [9.17, 15) is 0 Å². The molecule has 0 aromatic carbocycles. The highest BCUT2D eigenvalue weighted by molar-refractivity contribution is 5.25. The molecule has 0 amide bonds. The minimum absolute atomic E-state index is 0.752. The van der Waals surface area contributed by atoms with Crippen molar-refractivity contribution in [2.45, 2.75) is 52.9 Å². The summed E-state index contributed by atoms with van der Waals surface area (Å²) >= 11 is 0. The van der Waals surface area contributed by atoms with E-state index in [0.29, 0.717) is 0 Å². The van der Waals surface area contributed by atoms with Crippen molar-refractivity contribution >= 4 is 0 Å². The molecule has 1 aliphatic rings. The third-order valence-electron chi connectivity index (χ3n) is 3.09. The van der Waals surface area contributed by atoms with E-state index in [1.165, 1.54) is 32.1 Å². The van der Waals surface area contributed by atoms with Gasteiger partial charge in [-0.15, -0.1) is 0 Å². The first-order valence-corrected chi connectivity index (χ1v) is 6.16. The summed E-state index contributed by atoms with van der Waals surface area (Å²) in [5, 5.41) is 0. The van der Waals surface area contributed by atoms with Gasteiger partial charge in [0.05, 0.1) is 0 Å². The Morgan fingerprint density at radius 1 is 1.29 bits per heavy atom. The fraction of sp³-hybridized carbons (Fsp3) is 0.714. The average molecular weight is 192 g/mol. The Labute approximate surface area is 89.1 Å². The molecule has 0 spiro atoms. The van der Waals surface area contributed by atoms with Crippen LogP contribution in [0, 0.1) is 11.8 Å². The Morgan fingerprint density at radius 2 is 1.93 bits per heavy atom. The van der Waals surface area contributed by atoms with E-state index >= 15 is 0 Å². The second kappa shape index (κ2) is 6.06. The van der Waals surface area contributed by atoms with Crippen molar-refractivity contribution in [2.75, 3.05) is 0 Å². The van der Waals surface area contributed by atoms with Gasteiger partial charge in [0, 0.05) is 0 Å². The SMILES string of the molecule is CCCC(CCC)C1=CCC(C)C=C1. The second-order valence-corrected chi connectivity index (χ2v) is 4.55. The van der Waals surface area contributed by atoms with Crippen LogP contribution in [0.3, 0.4) is 0 Å². The van der Waals surface area contributed by atoms with Crippen molar-refractivity contribution in [2.24, 2.45) is 11.8 Å². The predicted octanol–water partition coefficient (Wildman–Crippen LogP) is 4.73. The van der Waals surface area contributed by atoms with Crippen LogP contribution in [0.2, 0.25) is 0 Å². The Hall–Kier alpha value is -0.520. The van der Waals surface area contributed by atoms with Gasteiger partial charge in [-0.05, 0) is 36.7 Å². The van der Waals surface area contributed by atoms with Crippen molar-refractivity contribution < 1.29 is 0 Å². The van der Waals surface area contributed by atoms with Crippen molar-refractivity contribution in [3.05, 3.63) is 23.8 Å². The van der Waals surface area contributed by atoms with Crippen LogP contribution in [-0.4, -0.2) is 0 Å². The summed E-state index contributed by atoms with van der Waals surface area (Å²) < 4.78 is 0. The molecule has 0 aliphatic heterocycles. The highest BCUT2D eigenvalue weighted by atomic mass is 14.2. The van der Waals surface area contributed by atoms with Crippen molar-refractivity contribution in [3.63, 3.8) is 0 Å². The Bertz CT molecular complexity index is 204. The minimum atomic E-state index is 0.752. The van der Waals surface area contributed by atoms with E-state index < -0.39 is 0 Å². The highest BCUT2D eigenvalue weighted by Gasteiger charge is 2.13. The summed E-state index contributed by atoms with van der Waals surface area (Å²) in [7, 11) is 0. The lowest BCUT2D eigenvalue weighted by Gasteiger charge is -2.20. The lowest BCUT2D eigenvalue weighted by atomic mass is 9.85. The first kappa shape index (κ1) is 11.6. The summed E-state index contributed by atoms with van der Waals surface area (Å²) in [5.74, 6) is 1.58. The number of rotatable bonds is 5. The van der Waals surface area contributed by atoms with E-state index in [2.05, 4.69) is 39.0 Å². The van der Waals surface area contributed by atoms with Gasteiger partial charge in [0.15, 0.2) is 0 Å². The fourth-order valence-electron chi connectivity index (χ4n) is 2.22. The largest absolute Gasteiger partial charge is 0.0811 e. The van der Waals surface area contributed by atoms with Gasteiger partial charge < -0.3 is 0 Å². The minimum Gasteiger partial charge on any atom is -0.0811 e. The highest BCUT2D eigenvalue weighted by Crippen LogP contribution is 2.28. The first-order chi connectivity index (χ1) is 6.77. The summed E-state index contributed by atoms with van der Waals surface area (Å²) in [6, 6.07) is 0. The third kappa shape index (κ3) is 3.32. The van der Waals surface area contributed by atoms with Crippen molar-refractivity contribution in [1.29, 1.82) is 0 Å². The Balaban J connectivity index is 2.55. The standard InChI is InChI=1S/C14H24/c1-4-6-13(7-5-2)14-10-8-12(3)9-11-14/h8,10-13H,4-7,9H2,1-3H3. The molecule has 0 heterocycles. The van der Waals surface area contributed by atoms with E-state index in [4.69, 9.17) is 0 Å². The smallest absolute Gasteiger partial charge is 0.0165 e. The molecule has 1 rings (SSSR count). The first-order valence-electron chi connectivity index (χ1n) is 6.16. The monoisotopic (exact) mass is 192 g/mol. The molecule has 80 valence electrons. The molecule has 0 fully saturated rings. The third-order valence-corrected chi connectivity index (χ3v) is 3.09. The zero-order valence-corrected chi connectivity index (χ0v) is 9.92. The van der Waals surface area contributed by atoms with Crippen LogP contribution in [-0.2, 0) is 0 Å². The van der Waals surface area contributed by atoms with E-state index in [1.54, 1.807) is 5.57 Å². The summed E-state index contributed by atoms with van der Waals surface area (Å²) in [5.41, 5.74) is 1.60. The molecule has 1 atom stereocenters. The molecule has 14 heavy (non-hydrogen) atoms. The van der Waals surface area contributed by atoms with Gasteiger partial charge in [0.25, 0.3) is 0 Å². The van der Waals surface area contributed by atoms with Crippen LogP contribution in [0.15, 0.2) is 23.8 Å². The molecule has 0 aromatic heterocycles. The molecule has 1 unspecified atom stereocenters. The summed E-state index contributed by atoms with van der Waals surface area (Å²) in [6.45, 7) is 6.87. The second-order valence-electron chi connectivity index (χ2n) is 4.55. The van der Waals surface area contributed by atoms with Gasteiger partial charge in [-0.25, -0.2) is 0 Å². The maximum atomic E-state index is 2.46. The zero-order valence-electron chi connectivity index (χ0n) is 9.92. The summed E-state index contributed by atoms with van der Waals surface area (Å²) in [4.78, 5) is 0. The molecule has 0 saturated heterocycles. The van der Waals surface area contributed by atoms with Gasteiger partial charge in [-0.3, -0.25) is 0 Å². The molecule has 0 nitrogen and oxygen atoms in total. The molecule has 1 aliphatic carbocycles. The number of hydrogen-bond donors (Lipinski definition) is 0. The molecular formula is C14H24. The van der Waals surface area contributed by atoms with E-state index in [0.717, 1.165) is 11.8 Å². The van der Waals surface area contributed by atoms with Crippen molar-refractivity contribution in [3.8, 4) is 0 Å². The van der Waals surface area contributed by atoms with E-state index in [1.807, 2.05) is 0 Å². The molecule has 0 saturated carbocycles. The van der Waals surface area contributed by atoms with Crippen LogP contribution < -0.4 is 0 Å². The zero-order chi connectivity index (χ0) is 10.4. The van der Waals surface area contributed by atoms with Crippen LogP contribution in [0.1, 0.15) is 52.9 Å². The van der Waals surface area contributed by atoms with Gasteiger partial charge >= 0.3 is 0 Å². The fourth-order valence-corrected chi connectivity index (χ4v) is 2.22. The van der Waals surface area contributed by atoms with Crippen LogP contribution in [0.5, 0.6) is 0 Å². The maximum absolute atomic E-state index is 2.46. The van der Waals surface area contributed by atoms with Crippen LogP contribution in [0.4, 0.5) is 0 Å². The van der Waals surface area contributed by atoms with Gasteiger partial charge in [-0.2, -0.15) is 0 Å². The average Bonchev–Trinajstić information content (AvgIpc) is 2.19. The van der Waals surface area contributed by atoms with Crippen LogP contribution >= 0.6 is 0 Å². The van der Waals surface area contributed by atoms with Gasteiger partial charge in [0.1, 0.15) is 0 Å². The maximum Gasteiger partial charge on any atom is -0.0165 e. The molecule has 0 heteroatoms. The topological polar surface area (TPSA) is 0 Å². The van der Waals surface area contributed by atoms with Gasteiger partial charge in [-0.1, -0.05) is 51.8 Å². The quantitative estimate of drug-likeness (QED) is 0.591. The lowest BCUT2D eigenvalue weighted by molar-refractivity contribution is 0.506. The van der Waals surface area contributed by atoms with Crippen molar-refractivity contribution in [1.82, 2.24) is 0 Å². The Kier molecular flexibility index (Phi) is 5.00. The summed E-state index contributed by atoms with van der Waals surface area (Å²) in [6.07, 6.45) is 13.8. The lowest BCUT2D eigenvalue weighted by Crippen LogP contribution is -2.06. The van der Waals surface area contributed by atoms with Gasteiger partial charge in [0.2, 0.25) is 0 Å².